The van der Waals surface area contributed by atoms with E-state index in [1.165, 1.54) is 6.92 Å². The number of aromatic nitrogens is 2. The molecule has 2 rings (SSSR count). The maximum atomic E-state index is 12.5. The number of aryl methyl sites for hydroxylation is 2. The molecule has 2 amide bonds. The summed E-state index contributed by atoms with van der Waals surface area (Å²) >= 11 is 1.66. The Hall–Kier alpha value is -1.83. The van der Waals surface area contributed by atoms with Crippen LogP contribution in [0.15, 0.2) is 6.07 Å². The van der Waals surface area contributed by atoms with E-state index < -0.39 is 6.04 Å². The molecule has 1 aliphatic carbocycles. The van der Waals surface area contributed by atoms with Gasteiger partial charge in [-0.05, 0) is 64.0 Å². The van der Waals surface area contributed by atoms with Crippen LogP contribution < -0.4 is 15.4 Å². The average molecular weight is 395 g/mol. The molecule has 1 aliphatic rings. The summed E-state index contributed by atoms with van der Waals surface area (Å²) in [7, 11) is 0. The van der Waals surface area contributed by atoms with Crippen molar-refractivity contribution in [2.24, 2.45) is 0 Å². The molecule has 8 heteroatoms. The van der Waals surface area contributed by atoms with Crippen LogP contribution in [0.4, 0.5) is 0 Å². The predicted molar refractivity (Wildman–Crippen MR) is 107 cm³/mol. The molecule has 1 atom stereocenters. The number of nitrogens with zero attached hydrogens (tertiary/aromatic N) is 2. The summed E-state index contributed by atoms with van der Waals surface area (Å²) in [5.74, 6) is 0.553. The third-order valence-electron chi connectivity index (χ3n) is 4.56. The first kappa shape index (κ1) is 21.5. The molecule has 1 aromatic rings. The van der Waals surface area contributed by atoms with Crippen molar-refractivity contribution in [3.63, 3.8) is 0 Å². The van der Waals surface area contributed by atoms with Crippen LogP contribution in [0.25, 0.3) is 0 Å². The van der Waals surface area contributed by atoms with Crippen LogP contribution in [0.1, 0.15) is 50.4 Å². The molecule has 0 bridgehead atoms. The summed E-state index contributed by atoms with van der Waals surface area (Å²) in [6, 6.07) is 2.00. The van der Waals surface area contributed by atoms with Crippen LogP contribution in [-0.2, 0) is 9.59 Å². The van der Waals surface area contributed by atoms with Crippen molar-refractivity contribution in [3.8, 4) is 6.01 Å². The van der Waals surface area contributed by atoms with Gasteiger partial charge in [0, 0.05) is 24.4 Å². The first-order valence-corrected chi connectivity index (χ1v) is 10.8. The van der Waals surface area contributed by atoms with Gasteiger partial charge in [0.2, 0.25) is 11.8 Å². The molecule has 27 heavy (non-hydrogen) atoms. The fourth-order valence-corrected chi connectivity index (χ4v) is 3.74. The fourth-order valence-electron chi connectivity index (χ4n) is 3.27. The van der Waals surface area contributed by atoms with Crippen LogP contribution in [-0.4, -0.2) is 52.0 Å². The third-order valence-corrected chi connectivity index (χ3v) is 5.20. The van der Waals surface area contributed by atoms with E-state index in [2.05, 4.69) is 20.6 Å². The van der Waals surface area contributed by atoms with E-state index in [4.69, 9.17) is 4.74 Å². The molecule has 150 valence electrons. The number of hydrogen-bond acceptors (Lipinski definition) is 6. The molecule has 1 saturated carbocycles. The van der Waals surface area contributed by atoms with E-state index in [-0.39, 0.29) is 24.0 Å². The van der Waals surface area contributed by atoms with Crippen LogP contribution in [0, 0.1) is 13.8 Å². The molecule has 1 heterocycles. The van der Waals surface area contributed by atoms with Crippen LogP contribution in [0.2, 0.25) is 0 Å². The third kappa shape index (κ3) is 7.36. The van der Waals surface area contributed by atoms with Crippen molar-refractivity contribution in [1.29, 1.82) is 0 Å². The number of rotatable bonds is 8. The molecule has 0 unspecified atom stereocenters. The van der Waals surface area contributed by atoms with Crippen LogP contribution in [0.5, 0.6) is 6.01 Å². The van der Waals surface area contributed by atoms with Crippen molar-refractivity contribution in [2.75, 3.05) is 12.0 Å². The van der Waals surface area contributed by atoms with E-state index in [0.717, 1.165) is 42.8 Å². The molecule has 0 aliphatic heterocycles. The van der Waals surface area contributed by atoms with Gasteiger partial charge in [0.1, 0.15) is 12.1 Å². The van der Waals surface area contributed by atoms with Crippen molar-refractivity contribution >= 4 is 23.6 Å². The second-order valence-corrected chi connectivity index (χ2v) is 8.05. The topological polar surface area (TPSA) is 93.2 Å². The first-order valence-electron chi connectivity index (χ1n) is 9.42. The highest BCUT2D eigenvalue weighted by atomic mass is 32.2. The lowest BCUT2D eigenvalue weighted by Gasteiger charge is -2.30. The minimum Gasteiger partial charge on any atom is -0.460 e. The second-order valence-electron chi connectivity index (χ2n) is 7.07. The average Bonchev–Trinajstić information content (AvgIpc) is 2.59. The van der Waals surface area contributed by atoms with E-state index in [1.807, 2.05) is 26.2 Å². The molecule has 0 aromatic carbocycles. The normalized spacial score (nSPS) is 20.6. The summed E-state index contributed by atoms with van der Waals surface area (Å²) in [4.78, 5) is 32.5. The standard InChI is InChI=1S/C19H30N4O3S/c1-12-11-13(2)21-19(20-12)26-16-7-5-15(6-8-16)23-18(25)17(9-10-27-4)22-14(3)24/h11,15-17H,5-10H2,1-4H3,(H,22,24)(H,23,25)/t15?,16?,17-/m0/s1. The van der Waals surface area contributed by atoms with Gasteiger partial charge in [0.15, 0.2) is 0 Å². The van der Waals surface area contributed by atoms with Gasteiger partial charge in [-0.1, -0.05) is 0 Å². The summed E-state index contributed by atoms with van der Waals surface area (Å²) in [6.07, 6.45) is 6.07. The van der Waals surface area contributed by atoms with E-state index in [0.29, 0.717) is 12.4 Å². The summed E-state index contributed by atoms with van der Waals surface area (Å²) < 4.78 is 5.93. The molecule has 1 aromatic heterocycles. The first-order chi connectivity index (χ1) is 12.9. The number of thioether (sulfide) groups is 1. The Balaban J connectivity index is 1.81. The number of carbonyl (C=O) groups excluding carboxylic acids is 2. The largest absolute Gasteiger partial charge is 0.460 e. The Bertz CT molecular complexity index is 628. The Morgan fingerprint density at radius 1 is 1.22 bits per heavy atom. The lowest BCUT2D eigenvalue weighted by molar-refractivity contribution is -0.128. The molecule has 7 nitrogen and oxygen atoms in total. The van der Waals surface area contributed by atoms with Gasteiger partial charge in [-0.15, -0.1) is 0 Å². The number of ether oxygens (including phenoxy) is 1. The minimum absolute atomic E-state index is 0.0713. The summed E-state index contributed by atoms with van der Waals surface area (Å²) in [6.45, 7) is 5.30. The van der Waals surface area contributed by atoms with Crippen LogP contribution >= 0.6 is 11.8 Å². The number of amides is 2. The number of nitrogens with one attached hydrogen (secondary N) is 2. The molecule has 0 saturated heterocycles. The van der Waals surface area contributed by atoms with Gasteiger partial charge in [0.05, 0.1) is 0 Å². The lowest BCUT2D eigenvalue weighted by atomic mass is 9.92. The monoisotopic (exact) mass is 394 g/mol. The summed E-state index contributed by atoms with van der Waals surface area (Å²) in [5, 5.41) is 5.84. The van der Waals surface area contributed by atoms with Gasteiger partial charge in [-0.2, -0.15) is 11.8 Å². The Morgan fingerprint density at radius 2 is 1.85 bits per heavy atom. The second kappa shape index (κ2) is 10.5. The smallest absolute Gasteiger partial charge is 0.317 e. The molecular formula is C19H30N4O3S. The van der Waals surface area contributed by atoms with Crippen molar-refractivity contribution in [3.05, 3.63) is 17.5 Å². The molecule has 2 N–H and O–H groups in total. The highest BCUT2D eigenvalue weighted by molar-refractivity contribution is 7.98. The van der Waals surface area contributed by atoms with Crippen molar-refractivity contribution in [1.82, 2.24) is 20.6 Å². The van der Waals surface area contributed by atoms with Gasteiger partial charge >= 0.3 is 6.01 Å². The highest BCUT2D eigenvalue weighted by Gasteiger charge is 2.27. The van der Waals surface area contributed by atoms with E-state index in [1.54, 1.807) is 11.8 Å². The van der Waals surface area contributed by atoms with Gasteiger partial charge in [-0.25, -0.2) is 9.97 Å². The lowest BCUT2D eigenvalue weighted by Crippen LogP contribution is -2.50. The maximum Gasteiger partial charge on any atom is 0.317 e. The minimum atomic E-state index is -0.465. The Morgan fingerprint density at radius 3 is 2.41 bits per heavy atom. The molecule has 0 spiro atoms. The highest BCUT2D eigenvalue weighted by Crippen LogP contribution is 2.22. The fraction of sp³-hybridized carbons (Fsp3) is 0.684. The maximum absolute atomic E-state index is 12.5. The van der Waals surface area contributed by atoms with Gasteiger partial charge in [-0.3, -0.25) is 9.59 Å². The SMILES string of the molecule is CSCC[C@H](NC(C)=O)C(=O)NC1CCC(Oc2nc(C)cc(C)n2)CC1. The zero-order valence-corrected chi connectivity index (χ0v) is 17.4. The summed E-state index contributed by atoms with van der Waals surface area (Å²) in [5.41, 5.74) is 1.79. The zero-order valence-electron chi connectivity index (χ0n) is 16.6. The molecule has 1 fully saturated rings. The zero-order chi connectivity index (χ0) is 19.8. The predicted octanol–water partition coefficient (Wildman–Crippen LogP) is 2.16. The number of carbonyl (C=O) groups is 2. The van der Waals surface area contributed by atoms with Crippen molar-refractivity contribution < 1.29 is 14.3 Å². The number of hydrogen-bond donors (Lipinski definition) is 2. The molecule has 0 radical (unpaired) electrons. The van der Waals surface area contributed by atoms with Crippen molar-refractivity contribution in [2.45, 2.75) is 71.1 Å². The van der Waals surface area contributed by atoms with Crippen LogP contribution in [0.3, 0.4) is 0 Å². The Labute approximate surface area is 165 Å². The van der Waals surface area contributed by atoms with Gasteiger partial charge in [0.25, 0.3) is 0 Å². The quantitative estimate of drug-likeness (QED) is 0.702. The molecular weight excluding hydrogens is 364 g/mol. The van der Waals surface area contributed by atoms with E-state index in [9.17, 15) is 9.59 Å². The Kier molecular flexibility index (Phi) is 8.34. The van der Waals surface area contributed by atoms with E-state index >= 15 is 0 Å². The van der Waals surface area contributed by atoms with Gasteiger partial charge < -0.3 is 15.4 Å².